The summed E-state index contributed by atoms with van der Waals surface area (Å²) in [5, 5.41) is 18.3. The third-order valence-electron chi connectivity index (χ3n) is 3.25. The molecule has 0 aliphatic carbocycles. The zero-order valence-corrected chi connectivity index (χ0v) is 11.5. The van der Waals surface area contributed by atoms with Gasteiger partial charge in [-0.05, 0) is 26.7 Å². The third-order valence-corrected chi connectivity index (χ3v) is 3.25. The van der Waals surface area contributed by atoms with Gasteiger partial charge in [0.1, 0.15) is 5.78 Å². The number of aliphatic carboxylic acids is 1. The maximum atomic E-state index is 10.7. The molecule has 0 heterocycles. The average molecular weight is 258 g/mol. The summed E-state index contributed by atoms with van der Waals surface area (Å²) < 4.78 is 0. The van der Waals surface area contributed by atoms with Crippen LogP contribution < -0.4 is 0 Å². The Bertz CT molecular complexity index is 250. The second-order valence-corrected chi connectivity index (χ2v) is 5.06. The minimum atomic E-state index is -0.938. The number of ketones is 1. The summed E-state index contributed by atoms with van der Waals surface area (Å²) in [6.07, 6.45) is 6.62. The Morgan fingerprint density at radius 3 is 2.00 bits per heavy atom. The molecule has 4 heteroatoms. The molecule has 0 aromatic carbocycles. The molecule has 2 unspecified atom stereocenters. The molecule has 0 aliphatic rings. The molecule has 0 fully saturated rings. The van der Waals surface area contributed by atoms with Gasteiger partial charge in [0, 0.05) is 6.42 Å². The van der Waals surface area contributed by atoms with Crippen LogP contribution in [0.2, 0.25) is 0 Å². The van der Waals surface area contributed by atoms with E-state index >= 15 is 0 Å². The Morgan fingerprint density at radius 2 is 1.50 bits per heavy atom. The number of hydrogen-bond acceptors (Lipinski definition) is 3. The van der Waals surface area contributed by atoms with Crippen molar-refractivity contribution in [1.82, 2.24) is 0 Å². The van der Waals surface area contributed by atoms with Crippen molar-refractivity contribution in [2.75, 3.05) is 0 Å². The van der Waals surface area contributed by atoms with Gasteiger partial charge in [0.25, 0.3) is 0 Å². The normalized spacial score (nSPS) is 14.2. The molecule has 106 valence electrons. The number of carboxylic acids is 1. The van der Waals surface area contributed by atoms with E-state index in [0.29, 0.717) is 12.8 Å². The van der Waals surface area contributed by atoms with Crippen molar-refractivity contribution in [2.45, 2.75) is 71.3 Å². The summed E-state index contributed by atoms with van der Waals surface area (Å²) in [6, 6.07) is 0. The van der Waals surface area contributed by atoms with Gasteiger partial charge in [-0.15, -0.1) is 0 Å². The van der Waals surface area contributed by atoms with Crippen LogP contribution in [0.3, 0.4) is 0 Å². The summed E-state index contributed by atoms with van der Waals surface area (Å²) in [5.74, 6) is -1.37. The van der Waals surface area contributed by atoms with Gasteiger partial charge in [0.2, 0.25) is 0 Å². The van der Waals surface area contributed by atoms with E-state index in [1.807, 2.05) is 0 Å². The lowest BCUT2D eigenvalue weighted by molar-refractivity contribution is -0.145. The molecule has 0 aromatic heterocycles. The summed E-state index contributed by atoms with van der Waals surface area (Å²) in [6.45, 7) is 3.15. The summed E-state index contributed by atoms with van der Waals surface area (Å²) in [4.78, 5) is 21.3. The lowest BCUT2D eigenvalue weighted by atomic mass is 9.98. The number of carbonyl (C=O) groups is 2. The van der Waals surface area contributed by atoms with Crippen LogP contribution in [0, 0.1) is 5.92 Å². The molecule has 0 spiro atoms. The number of carbonyl (C=O) groups excluding carboxylic acids is 1. The Morgan fingerprint density at radius 1 is 1.00 bits per heavy atom. The summed E-state index contributed by atoms with van der Waals surface area (Å²) in [7, 11) is 0. The Balaban J connectivity index is 3.35. The maximum Gasteiger partial charge on any atom is 0.308 e. The molecule has 2 atom stereocenters. The maximum absolute atomic E-state index is 10.7. The van der Waals surface area contributed by atoms with Crippen LogP contribution in [0.5, 0.6) is 0 Å². The van der Waals surface area contributed by atoms with Gasteiger partial charge < -0.3 is 15.0 Å². The molecule has 0 saturated carbocycles. The van der Waals surface area contributed by atoms with Crippen LogP contribution in [-0.4, -0.2) is 28.1 Å². The highest BCUT2D eigenvalue weighted by atomic mass is 16.4. The first-order valence-electron chi connectivity index (χ1n) is 6.85. The van der Waals surface area contributed by atoms with Gasteiger partial charge in [-0.1, -0.05) is 32.1 Å². The average Bonchev–Trinajstić information content (AvgIpc) is 2.30. The number of aliphatic hydroxyl groups excluding tert-OH is 1. The monoisotopic (exact) mass is 258 g/mol. The molecule has 18 heavy (non-hydrogen) atoms. The molecule has 0 bridgehead atoms. The SMILES string of the molecule is CC(=O)CCCCCCCCC(O)C(C)C(=O)O. The number of Topliss-reactive ketones (excluding diaryl/α,β-unsaturated/α-hetero) is 1. The molecular formula is C14H26O4. The van der Waals surface area contributed by atoms with Crippen LogP contribution in [0.1, 0.15) is 65.2 Å². The Labute approximate surface area is 109 Å². The first kappa shape index (κ1) is 17.1. The van der Waals surface area contributed by atoms with Crippen molar-refractivity contribution in [3.63, 3.8) is 0 Å². The van der Waals surface area contributed by atoms with Crippen molar-refractivity contribution in [2.24, 2.45) is 5.92 Å². The van der Waals surface area contributed by atoms with E-state index in [4.69, 9.17) is 5.11 Å². The zero-order chi connectivity index (χ0) is 14.0. The standard InChI is InChI=1S/C14H26O4/c1-11(15)9-7-5-3-4-6-8-10-13(16)12(2)14(17)18/h12-13,16H,3-10H2,1-2H3,(H,17,18). The van der Waals surface area contributed by atoms with Crippen LogP contribution in [-0.2, 0) is 9.59 Å². The largest absolute Gasteiger partial charge is 0.481 e. The van der Waals surface area contributed by atoms with Crippen molar-refractivity contribution in [1.29, 1.82) is 0 Å². The first-order valence-corrected chi connectivity index (χ1v) is 6.85. The van der Waals surface area contributed by atoms with Crippen molar-refractivity contribution >= 4 is 11.8 Å². The fourth-order valence-corrected chi connectivity index (χ4v) is 1.85. The topological polar surface area (TPSA) is 74.6 Å². The smallest absolute Gasteiger partial charge is 0.308 e. The lowest BCUT2D eigenvalue weighted by Crippen LogP contribution is -2.25. The van der Waals surface area contributed by atoms with Crippen LogP contribution >= 0.6 is 0 Å². The highest BCUT2D eigenvalue weighted by Gasteiger charge is 2.20. The molecule has 0 amide bonds. The summed E-state index contributed by atoms with van der Waals surface area (Å²) >= 11 is 0. The second kappa shape index (κ2) is 10.1. The van der Waals surface area contributed by atoms with Crippen LogP contribution in [0.15, 0.2) is 0 Å². The van der Waals surface area contributed by atoms with E-state index in [2.05, 4.69) is 0 Å². The van der Waals surface area contributed by atoms with E-state index < -0.39 is 18.0 Å². The van der Waals surface area contributed by atoms with Crippen LogP contribution in [0.25, 0.3) is 0 Å². The highest BCUT2D eigenvalue weighted by molar-refractivity contribution is 5.75. The second-order valence-electron chi connectivity index (χ2n) is 5.06. The van der Waals surface area contributed by atoms with Gasteiger partial charge in [-0.25, -0.2) is 0 Å². The predicted molar refractivity (Wildman–Crippen MR) is 70.4 cm³/mol. The van der Waals surface area contributed by atoms with Gasteiger partial charge in [-0.3, -0.25) is 4.79 Å². The van der Waals surface area contributed by atoms with Crippen molar-refractivity contribution < 1.29 is 19.8 Å². The fraction of sp³-hybridized carbons (Fsp3) is 0.857. The zero-order valence-electron chi connectivity index (χ0n) is 11.5. The molecule has 0 rings (SSSR count). The lowest BCUT2D eigenvalue weighted by Gasteiger charge is -2.14. The van der Waals surface area contributed by atoms with Crippen molar-refractivity contribution in [3.8, 4) is 0 Å². The quantitative estimate of drug-likeness (QED) is 0.559. The van der Waals surface area contributed by atoms with Crippen molar-refractivity contribution in [3.05, 3.63) is 0 Å². The minimum absolute atomic E-state index is 0.251. The molecule has 0 aliphatic heterocycles. The van der Waals surface area contributed by atoms with E-state index in [0.717, 1.165) is 38.5 Å². The van der Waals surface area contributed by atoms with Gasteiger partial charge in [0.15, 0.2) is 0 Å². The first-order chi connectivity index (χ1) is 8.45. The van der Waals surface area contributed by atoms with E-state index in [1.165, 1.54) is 6.92 Å². The van der Waals surface area contributed by atoms with Gasteiger partial charge >= 0.3 is 5.97 Å². The predicted octanol–water partition coefficient (Wildman–Crippen LogP) is 2.78. The fourth-order valence-electron chi connectivity index (χ4n) is 1.85. The Kier molecular flexibility index (Phi) is 9.56. The minimum Gasteiger partial charge on any atom is -0.481 e. The van der Waals surface area contributed by atoms with Gasteiger partial charge in [0.05, 0.1) is 12.0 Å². The van der Waals surface area contributed by atoms with E-state index in [9.17, 15) is 14.7 Å². The number of rotatable bonds is 11. The highest BCUT2D eigenvalue weighted by Crippen LogP contribution is 2.14. The molecular weight excluding hydrogens is 232 g/mol. The molecule has 0 aromatic rings. The van der Waals surface area contributed by atoms with E-state index in [1.54, 1.807) is 6.92 Å². The number of hydrogen-bond donors (Lipinski definition) is 2. The number of unbranched alkanes of at least 4 members (excludes halogenated alkanes) is 5. The third kappa shape index (κ3) is 9.16. The Hall–Kier alpha value is -0.900. The van der Waals surface area contributed by atoms with Crippen LogP contribution in [0.4, 0.5) is 0 Å². The molecule has 2 N–H and O–H groups in total. The molecule has 0 radical (unpaired) electrons. The van der Waals surface area contributed by atoms with E-state index in [-0.39, 0.29) is 5.78 Å². The van der Waals surface area contributed by atoms with Gasteiger partial charge in [-0.2, -0.15) is 0 Å². The molecule has 4 nitrogen and oxygen atoms in total. The molecule has 0 saturated heterocycles. The number of aliphatic hydroxyl groups is 1. The summed E-state index contributed by atoms with van der Waals surface area (Å²) in [5.41, 5.74) is 0. The number of carboxylic acid groups (broad SMARTS) is 1.